The number of halogens is 2. The van der Waals surface area contributed by atoms with E-state index < -0.39 is 0 Å². The molecule has 4 rings (SSSR count). The molecule has 172 valence electrons. The van der Waals surface area contributed by atoms with E-state index in [4.69, 9.17) is 4.99 Å². The lowest BCUT2D eigenvalue weighted by atomic mass is 10.2. The molecule has 0 spiro atoms. The molecular weight excluding hydrogens is 485 g/mol. The Labute approximate surface area is 212 Å². The van der Waals surface area contributed by atoms with Gasteiger partial charge in [0, 0.05) is 22.0 Å². The molecule has 1 nitrogen and oxygen atoms in total. The largest absolute Gasteiger partial charge is 0.247 e. The Morgan fingerprint density at radius 2 is 1.15 bits per heavy atom. The molecule has 0 saturated heterocycles. The predicted molar refractivity (Wildman–Crippen MR) is 144 cm³/mol. The maximum Gasteiger partial charge on any atom is 0.123 e. The molecule has 0 saturated carbocycles. The van der Waals surface area contributed by atoms with Gasteiger partial charge >= 0.3 is 0 Å². The summed E-state index contributed by atoms with van der Waals surface area (Å²) < 4.78 is 27.0. The van der Waals surface area contributed by atoms with Crippen LogP contribution >= 0.6 is 35.3 Å². The molecule has 4 aromatic rings. The zero-order chi connectivity index (χ0) is 23.6. The Kier molecular flexibility index (Phi) is 9.25. The first-order valence-electron chi connectivity index (χ1n) is 10.8. The molecule has 4 aromatic carbocycles. The zero-order valence-corrected chi connectivity index (χ0v) is 20.8. The van der Waals surface area contributed by atoms with Crippen LogP contribution in [0.1, 0.15) is 12.0 Å². The third kappa shape index (κ3) is 8.05. The van der Waals surface area contributed by atoms with E-state index in [2.05, 4.69) is 12.1 Å². The van der Waals surface area contributed by atoms with Crippen LogP contribution < -0.4 is 0 Å². The molecular formula is C28H23F2NS3. The van der Waals surface area contributed by atoms with E-state index in [1.54, 1.807) is 59.6 Å². The van der Waals surface area contributed by atoms with Crippen LogP contribution in [-0.2, 0) is 5.75 Å². The average Bonchev–Trinajstić information content (AvgIpc) is 2.86. The minimum absolute atomic E-state index is 0.0710. The molecule has 0 aliphatic rings. The highest BCUT2D eigenvalue weighted by Gasteiger charge is 2.17. The summed E-state index contributed by atoms with van der Waals surface area (Å²) in [6, 6.07) is 33.4. The first-order valence-corrected chi connectivity index (χ1v) is 13.5. The smallest absolute Gasteiger partial charge is 0.123 e. The summed E-state index contributed by atoms with van der Waals surface area (Å²) in [5.74, 6) is 0.315. The van der Waals surface area contributed by atoms with E-state index in [0.717, 1.165) is 26.3 Å². The maximum atomic E-state index is 13.5. The van der Waals surface area contributed by atoms with E-state index in [0.29, 0.717) is 6.42 Å². The number of thioether (sulfide) groups is 3. The molecule has 6 heteroatoms. The molecule has 0 radical (unpaired) electrons. The molecule has 0 heterocycles. The van der Waals surface area contributed by atoms with Gasteiger partial charge in [-0.3, -0.25) is 0 Å². The summed E-state index contributed by atoms with van der Waals surface area (Å²) >= 11 is 5.06. The second kappa shape index (κ2) is 12.8. The fourth-order valence-electron chi connectivity index (χ4n) is 3.10. The van der Waals surface area contributed by atoms with Crippen LogP contribution in [0.4, 0.5) is 14.5 Å². The normalized spacial score (nSPS) is 11.7. The molecule has 0 fully saturated rings. The summed E-state index contributed by atoms with van der Waals surface area (Å²) in [6.07, 6.45) is 0.705. The number of hydrogen-bond donors (Lipinski definition) is 0. The minimum atomic E-state index is -0.253. The third-order valence-electron chi connectivity index (χ3n) is 4.76. The van der Waals surface area contributed by atoms with Gasteiger partial charge in [-0.1, -0.05) is 48.5 Å². The van der Waals surface area contributed by atoms with Gasteiger partial charge in [-0.25, -0.2) is 13.8 Å². The van der Waals surface area contributed by atoms with Crippen molar-refractivity contribution in [3.63, 3.8) is 0 Å². The van der Waals surface area contributed by atoms with Crippen molar-refractivity contribution in [2.45, 2.75) is 26.5 Å². The van der Waals surface area contributed by atoms with Crippen molar-refractivity contribution in [1.29, 1.82) is 0 Å². The van der Waals surface area contributed by atoms with E-state index in [9.17, 15) is 8.78 Å². The highest BCUT2D eigenvalue weighted by atomic mass is 32.2. The monoisotopic (exact) mass is 507 g/mol. The van der Waals surface area contributed by atoms with E-state index in [1.165, 1.54) is 29.8 Å². The quantitative estimate of drug-likeness (QED) is 0.0969. The number of rotatable bonds is 9. The summed E-state index contributed by atoms with van der Waals surface area (Å²) in [4.78, 5) is 6.92. The lowest BCUT2D eigenvalue weighted by Crippen LogP contribution is -2.05. The fourth-order valence-corrected chi connectivity index (χ4v) is 6.83. The van der Waals surface area contributed by atoms with Gasteiger partial charge in [0.15, 0.2) is 0 Å². The van der Waals surface area contributed by atoms with Crippen molar-refractivity contribution in [3.8, 4) is 0 Å². The van der Waals surface area contributed by atoms with Crippen molar-refractivity contribution < 1.29 is 8.78 Å². The fraction of sp³-hybridized carbons (Fsp3) is 0.107. The first-order chi connectivity index (χ1) is 16.6. The molecule has 0 aromatic heterocycles. The van der Waals surface area contributed by atoms with Crippen LogP contribution in [0.3, 0.4) is 0 Å². The van der Waals surface area contributed by atoms with Crippen LogP contribution in [0.15, 0.2) is 124 Å². The van der Waals surface area contributed by atoms with Crippen molar-refractivity contribution >= 4 is 46.0 Å². The van der Waals surface area contributed by atoms with E-state index in [-0.39, 0.29) is 16.2 Å². The first kappa shape index (κ1) is 24.6. The predicted octanol–water partition coefficient (Wildman–Crippen LogP) is 9.23. The van der Waals surface area contributed by atoms with E-state index in [1.807, 2.05) is 48.5 Å². The lowest BCUT2D eigenvalue weighted by molar-refractivity contribution is 0.626. The number of aliphatic imine (C=N–C) groups is 1. The third-order valence-corrected chi connectivity index (χ3v) is 8.36. The summed E-state index contributed by atoms with van der Waals surface area (Å²) in [5, 5.41) is 1.02. The Morgan fingerprint density at radius 3 is 1.68 bits per heavy atom. The van der Waals surface area contributed by atoms with Gasteiger partial charge in [0.1, 0.15) is 11.6 Å². The van der Waals surface area contributed by atoms with Crippen molar-refractivity contribution in [2.75, 3.05) is 0 Å². The second-order valence-corrected chi connectivity index (χ2v) is 11.3. The summed E-state index contributed by atoms with van der Waals surface area (Å²) in [7, 11) is 0. The Balaban J connectivity index is 1.57. The number of hydrogen-bond acceptors (Lipinski definition) is 4. The van der Waals surface area contributed by atoms with Gasteiger partial charge in [-0.15, -0.1) is 35.3 Å². The topological polar surface area (TPSA) is 12.4 Å². The molecule has 0 unspecified atom stereocenters. The zero-order valence-electron chi connectivity index (χ0n) is 18.3. The summed E-state index contributed by atoms with van der Waals surface area (Å²) in [5.41, 5.74) is 2.15. The van der Waals surface area contributed by atoms with Crippen LogP contribution in [0.2, 0.25) is 0 Å². The molecule has 0 aliphatic carbocycles. The SMILES string of the molecule is Fc1ccc(SC(CC(=Nc2ccccc2)SCc2ccccc2)Sc2ccc(F)cc2)cc1. The van der Waals surface area contributed by atoms with Crippen molar-refractivity contribution in [2.24, 2.45) is 4.99 Å². The van der Waals surface area contributed by atoms with Crippen molar-refractivity contribution in [3.05, 3.63) is 126 Å². The molecule has 0 atom stereocenters. The number of benzene rings is 4. The van der Waals surface area contributed by atoms with Gasteiger partial charge < -0.3 is 0 Å². The summed E-state index contributed by atoms with van der Waals surface area (Å²) in [6.45, 7) is 0. The molecule has 0 aliphatic heterocycles. The Morgan fingerprint density at radius 1 is 0.647 bits per heavy atom. The second-order valence-electron chi connectivity index (χ2n) is 7.39. The Hall–Kier alpha value is -2.54. The maximum absolute atomic E-state index is 13.5. The van der Waals surface area contributed by atoms with Crippen molar-refractivity contribution in [1.82, 2.24) is 0 Å². The minimum Gasteiger partial charge on any atom is -0.247 e. The van der Waals surface area contributed by atoms with Gasteiger partial charge in [0.2, 0.25) is 0 Å². The number of para-hydroxylation sites is 1. The lowest BCUT2D eigenvalue weighted by Gasteiger charge is -2.18. The molecule has 0 amide bonds. The van der Waals surface area contributed by atoms with Gasteiger partial charge in [0.25, 0.3) is 0 Å². The van der Waals surface area contributed by atoms with Gasteiger partial charge in [-0.2, -0.15) is 0 Å². The van der Waals surface area contributed by atoms with E-state index >= 15 is 0 Å². The van der Waals surface area contributed by atoms with Crippen LogP contribution in [-0.4, -0.2) is 9.63 Å². The van der Waals surface area contributed by atoms with Crippen LogP contribution in [0, 0.1) is 11.6 Å². The Bertz CT molecular complexity index is 1130. The van der Waals surface area contributed by atoms with Gasteiger partial charge in [0.05, 0.1) is 15.3 Å². The molecule has 34 heavy (non-hydrogen) atoms. The highest BCUT2D eigenvalue weighted by molar-refractivity contribution is 8.17. The molecule has 0 bridgehead atoms. The highest BCUT2D eigenvalue weighted by Crippen LogP contribution is 2.39. The van der Waals surface area contributed by atoms with Gasteiger partial charge in [-0.05, 0) is 66.2 Å². The number of nitrogens with zero attached hydrogens (tertiary/aromatic N) is 1. The van der Waals surface area contributed by atoms with Crippen LogP contribution in [0.25, 0.3) is 0 Å². The van der Waals surface area contributed by atoms with Crippen LogP contribution in [0.5, 0.6) is 0 Å². The molecule has 0 N–H and O–H groups in total. The average molecular weight is 508 g/mol. The standard InChI is InChI=1S/C28H23F2NS3/c29-22-11-15-25(16-12-22)33-28(34-26-17-13-23(30)14-18-26)19-27(31-24-9-5-2-6-10-24)32-20-21-7-3-1-4-8-21/h1-18,28H,19-20H2.